The molecule has 0 amide bonds. The third-order valence-electron chi connectivity index (χ3n) is 3.35. The van der Waals surface area contributed by atoms with Crippen LogP contribution in [-0.4, -0.2) is 30.8 Å². The second kappa shape index (κ2) is 6.70. The van der Waals surface area contributed by atoms with E-state index in [1.807, 2.05) is 50.2 Å². The normalized spacial score (nSPS) is 10.8. The topological polar surface area (TPSA) is 60.5 Å². The lowest BCUT2D eigenvalue weighted by Gasteiger charge is -2.12. The molecular formula is C18H16BN3O2. The highest BCUT2D eigenvalue weighted by atomic mass is 16.5. The van der Waals surface area contributed by atoms with Crippen molar-refractivity contribution in [1.29, 1.82) is 0 Å². The van der Waals surface area contributed by atoms with Gasteiger partial charge in [0.1, 0.15) is 13.6 Å². The summed E-state index contributed by atoms with van der Waals surface area (Å²) in [4.78, 5) is 8.27. The maximum absolute atomic E-state index is 6.03. The van der Waals surface area contributed by atoms with Gasteiger partial charge >= 0.3 is 0 Å². The van der Waals surface area contributed by atoms with Crippen molar-refractivity contribution in [3.63, 3.8) is 0 Å². The summed E-state index contributed by atoms with van der Waals surface area (Å²) in [5, 5.41) is 4.02. The molecule has 3 aromatic rings. The Morgan fingerprint density at radius 3 is 2.46 bits per heavy atom. The molecule has 0 aliphatic heterocycles. The molecule has 0 unspecified atom stereocenters. The van der Waals surface area contributed by atoms with Gasteiger partial charge in [0.15, 0.2) is 0 Å². The number of rotatable bonds is 5. The van der Waals surface area contributed by atoms with Gasteiger partial charge in [0.05, 0.1) is 11.8 Å². The molecule has 0 aliphatic carbocycles. The monoisotopic (exact) mass is 317 g/mol. The highest BCUT2D eigenvalue weighted by molar-refractivity contribution is 6.34. The maximum atomic E-state index is 6.03. The molecule has 1 heterocycles. The highest BCUT2D eigenvalue weighted by Crippen LogP contribution is 2.24. The first-order chi connectivity index (χ1) is 11.6. The number of ether oxygens (including phenoxy) is 1. The van der Waals surface area contributed by atoms with E-state index >= 15 is 0 Å². The van der Waals surface area contributed by atoms with Crippen LogP contribution in [0.2, 0.25) is 0 Å². The van der Waals surface area contributed by atoms with Gasteiger partial charge in [0.25, 0.3) is 5.89 Å². The minimum atomic E-state index is 0.0583. The van der Waals surface area contributed by atoms with Crippen LogP contribution in [0.1, 0.15) is 13.8 Å². The first-order valence-electron chi connectivity index (χ1n) is 7.54. The fourth-order valence-electron chi connectivity index (χ4n) is 2.22. The van der Waals surface area contributed by atoms with Gasteiger partial charge in [-0.05, 0) is 57.0 Å². The molecular weight excluding hydrogens is 301 g/mol. The third kappa shape index (κ3) is 3.37. The average molecular weight is 317 g/mol. The van der Waals surface area contributed by atoms with Gasteiger partial charge < -0.3 is 9.26 Å². The fraction of sp³-hybridized carbons (Fsp3) is 0.167. The van der Waals surface area contributed by atoms with Gasteiger partial charge in [-0.25, -0.2) is 0 Å². The molecule has 0 N–H and O–H groups in total. The van der Waals surface area contributed by atoms with Crippen molar-refractivity contribution in [2.75, 3.05) is 0 Å². The van der Waals surface area contributed by atoms with E-state index in [0.29, 0.717) is 22.9 Å². The van der Waals surface area contributed by atoms with Crippen molar-refractivity contribution < 1.29 is 9.26 Å². The summed E-state index contributed by atoms with van der Waals surface area (Å²) in [6.45, 7) is 7.39. The van der Waals surface area contributed by atoms with Crippen molar-refractivity contribution in [3.05, 3.63) is 42.5 Å². The minimum absolute atomic E-state index is 0.0583. The number of nitrogens with zero attached hydrogens (tertiary/aromatic N) is 3. The second-order valence-electron chi connectivity index (χ2n) is 5.55. The summed E-state index contributed by atoms with van der Waals surface area (Å²) in [7, 11) is 6.03. The van der Waals surface area contributed by atoms with Crippen LogP contribution in [0.3, 0.4) is 0 Å². The largest absolute Gasteiger partial charge is 0.492 e. The molecule has 0 aliphatic rings. The summed E-state index contributed by atoms with van der Waals surface area (Å²) in [5.74, 6) is 1.55. The van der Waals surface area contributed by atoms with E-state index in [1.54, 1.807) is 6.07 Å². The van der Waals surface area contributed by atoms with E-state index < -0.39 is 0 Å². The quantitative estimate of drug-likeness (QED) is 0.535. The summed E-state index contributed by atoms with van der Waals surface area (Å²) in [5.41, 5.74) is 2.90. The SMILES string of the molecule is [B]c1cc(-c2noc(-c3ccc(N=C)cc3)n2)ccc1OC(C)C. The Hall–Kier alpha value is -2.89. The van der Waals surface area contributed by atoms with Crippen molar-refractivity contribution in [1.82, 2.24) is 10.1 Å². The Morgan fingerprint density at radius 2 is 1.83 bits per heavy atom. The van der Waals surface area contributed by atoms with E-state index in [4.69, 9.17) is 17.1 Å². The molecule has 24 heavy (non-hydrogen) atoms. The zero-order chi connectivity index (χ0) is 17.1. The van der Waals surface area contributed by atoms with Gasteiger partial charge in [-0.1, -0.05) is 16.7 Å². The van der Waals surface area contributed by atoms with Gasteiger partial charge in [0.2, 0.25) is 5.82 Å². The second-order valence-corrected chi connectivity index (χ2v) is 5.55. The van der Waals surface area contributed by atoms with E-state index in [1.165, 1.54) is 0 Å². The standard InChI is InChI=1S/C18H16BN3O2/c1-11(2)23-16-9-6-13(10-15(16)19)17-21-18(24-22-17)12-4-7-14(20-3)8-5-12/h4-11H,3H2,1-2H3. The van der Waals surface area contributed by atoms with Crippen molar-refractivity contribution in [2.24, 2.45) is 4.99 Å². The smallest absolute Gasteiger partial charge is 0.258 e. The first-order valence-corrected chi connectivity index (χ1v) is 7.54. The Bertz CT molecular complexity index is 857. The molecule has 0 saturated carbocycles. The van der Waals surface area contributed by atoms with Gasteiger partial charge in [-0.2, -0.15) is 4.98 Å². The van der Waals surface area contributed by atoms with E-state index in [0.717, 1.165) is 16.8 Å². The van der Waals surface area contributed by atoms with Crippen LogP contribution >= 0.6 is 0 Å². The molecule has 2 radical (unpaired) electrons. The molecule has 2 aromatic carbocycles. The summed E-state index contributed by atoms with van der Waals surface area (Å²) < 4.78 is 11.0. The van der Waals surface area contributed by atoms with Crippen LogP contribution in [0, 0.1) is 0 Å². The summed E-state index contributed by atoms with van der Waals surface area (Å²) in [6.07, 6.45) is 0.0583. The number of hydrogen-bond acceptors (Lipinski definition) is 5. The van der Waals surface area contributed by atoms with Crippen molar-refractivity contribution >= 4 is 25.7 Å². The number of aromatic nitrogens is 2. The molecule has 5 nitrogen and oxygen atoms in total. The highest BCUT2D eigenvalue weighted by Gasteiger charge is 2.12. The summed E-state index contributed by atoms with van der Waals surface area (Å²) >= 11 is 0. The van der Waals surface area contributed by atoms with Crippen molar-refractivity contribution in [2.45, 2.75) is 20.0 Å². The van der Waals surface area contributed by atoms with Gasteiger partial charge in [-0.15, -0.1) is 0 Å². The van der Waals surface area contributed by atoms with E-state index in [-0.39, 0.29) is 6.10 Å². The number of hydrogen-bond donors (Lipinski definition) is 0. The van der Waals surface area contributed by atoms with Gasteiger partial charge in [0, 0.05) is 11.1 Å². The first kappa shape index (κ1) is 16.0. The van der Waals surface area contributed by atoms with E-state index in [2.05, 4.69) is 21.9 Å². The van der Waals surface area contributed by atoms with Gasteiger partial charge in [-0.3, -0.25) is 4.99 Å². The summed E-state index contributed by atoms with van der Waals surface area (Å²) in [6, 6.07) is 12.8. The van der Waals surface area contributed by atoms with Crippen LogP contribution in [-0.2, 0) is 0 Å². The Balaban J connectivity index is 1.87. The predicted molar refractivity (Wildman–Crippen MR) is 95.5 cm³/mol. The Morgan fingerprint density at radius 1 is 1.12 bits per heavy atom. The van der Waals surface area contributed by atoms with Crippen LogP contribution in [0.5, 0.6) is 5.75 Å². The lowest BCUT2D eigenvalue weighted by molar-refractivity contribution is 0.244. The molecule has 0 bridgehead atoms. The zero-order valence-corrected chi connectivity index (χ0v) is 13.6. The number of aliphatic imine (C=N–C) groups is 1. The molecule has 0 fully saturated rings. The average Bonchev–Trinajstić information content (AvgIpc) is 3.06. The fourth-order valence-corrected chi connectivity index (χ4v) is 2.22. The van der Waals surface area contributed by atoms with Crippen LogP contribution in [0.25, 0.3) is 22.8 Å². The van der Waals surface area contributed by atoms with Crippen LogP contribution < -0.4 is 10.2 Å². The van der Waals surface area contributed by atoms with Crippen molar-refractivity contribution in [3.8, 4) is 28.6 Å². The molecule has 3 rings (SSSR count). The maximum Gasteiger partial charge on any atom is 0.258 e. The molecule has 0 spiro atoms. The lowest BCUT2D eigenvalue weighted by Crippen LogP contribution is -2.14. The van der Waals surface area contributed by atoms with E-state index in [9.17, 15) is 0 Å². The Kier molecular flexibility index (Phi) is 4.47. The molecule has 0 saturated heterocycles. The van der Waals surface area contributed by atoms with Crippen LogP contribution in [0.4, 0.5) is 5.69 Å². The van der Waals surface area contributed by atoms with Crippen LogP contribution in [0.15, 0.2) is 52.0 Å². The molecule has 118 valence electrons. The molecule has 6 heteroatoms. The minimum Gasteiger partial charge on any atom is -0.492 e. The predicted octanol–water partition coefficient (Wildman–Crippen LogP) is 3.32. The Labute approximate surface area is 141 Å². The molecule has 0 atom stereocenters. The number of benzene rings is 2. The molecule has 1 aromatic heterocycles. The lowest BCUT2D eigenvalue weighted by atomic mass is 9.93. The zero-order valence-electron chi connectivity index (χ0n) is 13.6. The third-order valence-corrected chi connectivity index (χ3v) is 3.35.